The zero-order chi connectivity index (χ0) is 14.2. The summed E-state index contributed by atoms with van der Waals surface area (Å²) in [6.45, 7) is 4.22. The number of hydrogen-bond donors (Lipinski definition) is 1. The van der Waals surface area contributed by atoms with Gasteiger partial charge < -0.3 is 14.6 Å². The molecule has 0 aliphatic carbocycles. The molecule has 1 spiro atoms. The molecule has 3 unspecified atom stereocenters. The van der Waals surface area contributed by atoms with Crippen molar-refractivity contribution in [2.24, 2.45) is 5.92 Å². The van der Waals surface area contributed by atoms with E-state index >= 15 is 0 Å². The highest BCUT2D eigenvalue weighted by Crippen LogP contribution is 2.42. The van der Waals surface area contributed by atoms with Gasteiger partial charge in [0.2, 0.25) is 0 Å². The Bertz CT molecular complexity index is 483. The van der Waals surface area contributed by atoms with Crippen LogP contribution in [0.5, 0.6) is 0 Å². The van der Waals surface area contributed by atoms with Gasteiger partial charge in [0.25, 0.3) is 0 Å². The predicted molar refractivity (Wildman–Crippen MR) is 80.7 cm³/mol. The van der Waals surface area contributed by atoms with E-state index in [-0.39, 0.29) is 11.5 Å². The normalized spacial score (nSPS) is 31.6. The minimum absolute atomic E-state index is 0.153. The number of aliphatic hydroxyl groups is 1. The summed E-state index contributed by atoms with van der Waals surface area (Å²) in [5, 5.41) is 10.8. The van der Waals surface area contributed by atoms with Gasteiger partial charge in [-0.25, -0.2) is 0 Å². The first kappa shape index (κ1) is 14.5. The molecule has 0 saturated carbocycles. The molecule has 3 rings (SSSR count). The van der Waals surface area contributed by atoms with E-state index in [2.05, 4.69) is 28.9 Å². The van der Waals surface area contributed by atoms with Crippen molar-refractivity contribution in [3.8, 4) is 0 Å². The molecule has 0 radical (unpaired) electrons. The minimum atomic E-state index is -0.439. The van der Waals surface area contributed by atoms with Crippen LogP contribution in [0, 0.1) is 12.8 Å². The summed E-state index contributed by atoms with van der Waals surface area (Å²) >= 11 is 3.61. The Hall–Kier alpha value is -0.420. The Morgan fingerprint density at radius 3 is 3.00 bits per heavy atom. The second-order valence-corrected chi connectivity index (χ2v) is 6.80. The molecule has 3 nitrogen and oxygen atoms in total. The maximum Gasteiger partial charge on any atom is 0.0940 e. The van der Waals surface area contributed by atoms with Gasteiger partial charge in [-0.2, -0.15) is 0 Å². The van der Waals surface area contributed by atoms with E-state index in [1.54, 1.807) is 0 Å². The van der Waals surface area contributed by atoms with Crippen LogP contribution in [0.2, 0.25) is 0 Å². The van der Waals surface area contributed by atoms with Crippen molar-refractivity contribution in [1.82, 2.24) is 0 Å². The van der Waals surface area contributed by atoms with E-state index in [4.69, 9.17) is 9.47 Å². The average Bonchev–Trinajstić information content (AvgIpc) is 2.89. The fourth-order valence-corrected chi connectivity index (χ4v) is 3.85. The van der Waals surface area contributed by atoms with E-state index in [1.807, 2.05) is 12.1 Å². The number of hydrogen-bond acceptors (Lipinski definition) is 3. The average molecular weight is 341 g/mol. The lowest BCUT2D eigenvalue weighted by Crippen LogP contribution is -2.41. The molecule has 110 valence electrons. The molecule has 1 N–H and O–H groups in total. The van der Waals surface area contributed by atoms with Gasteiger partial charge in [-0.1, -0.05) is 34.1 Å². The van der Waals surface area contributed by atoms with Crippen LogP contribution < -0.4 is 0 Å². The molecule has 0 aromatic heterocycles. The molecular formula is C16H21BrO3. The van der Waals surface area contributed by atoms with Crippen molar-refractivity contribution in [2.75, 3.05) is 19.8 Å². The fourth-order valence-electron chi connectivity index (χ4n) is 3.35. The van der Waals surface area contributed by atoms with E-state index in [9.17, 15) is 5.11 Å². The zero-order valence-corrected chi connectivity index (χ0v) is 13.4. The molecule has 4 heteroatoms. The summed E-state index contributed by atoms with van der Waals surface area (Å²) in [4.78, 5) is 0. The van der Waals surface area contributed by atoms with Gasteiger partial charge in [-0.05, 0) is 36.8 Å². The first-order valence-electron chi connectivity index (χ1n) is 7.26. The van der Waals surface area contributed by atoms with Gasteiger partial charge >= 0.3 is 0 Å². The first-order chi connectivity index (χ1) is 9.61. The molecule has 1 aromatic rings. The maximum atomic E-state index is 10.8. The van der Waals surface area contributed by atoms with Gasteiger partial charge in [-0.3, -0.25) is 0 Å². The number of aliphatic hydroxyl groups excluding tert-OH is 1. The molecule has 0 amide bonds. The number of aryl methyl sites for hydroxylation is 1. The maximum absolute atomic E-state index is 10.8. The third kappa shape index (κ3) is 2.67. The Balaban J connectivity index is 1.79. The molecule has 0 bridgehead atoms. The Kier molecular flexibility index (Phi) is 4.18. The van der Waals surface area contributed by atoms with Gasteiger partial charge in [0.1, 0.15) is 0 Å². The highest BCUT2D eigenvalue weighted by molar-refractivity contribution is 9.10. The Labute approximate surface area is 128 Å². The Morgan fingerprint density at radius 1 is 1.40 bits per heavy atom. The third-order valence-electron chi connectivity index (χ3n) is 4.59. The molecule has 1 aromatic carbocycles. The summed E-state index contributed by atoms with van der Waals surface area (Å²) < 4.78 is 12.5. The zero-order valence-electron chi connectivity index (χ0n) is 11.8. The second-order valence-electron chi connectivity index (χ2n) is 6.01. The largest absolute Gasteiger partial charge is 0.388 e. The number of benzene rings is 1. The number of rotatable bonds is 2. The molecular weight excluding hydrogens is 320 g/mol. The Morgan fingerprint density at radius 2 is 2.25 bits per heavy atom. The van der Waals surface area contributed by atoms with Gasteiger partial charge in [-0.15, -0.1) is 0 Å². The molecule has 20 heavy (non-hydrogen) atoms. The van der Waals surface area contributed by atoms with Gasteiger partial charge in [0.15, 0.2) is 0 Å². The third-order valence-corrected chi connectivity index (χ3v) is 5.67. The lowest BCUT2D eigenvalue weighted by Gasteiger charge is -2.39. The molecule has 3 atom stereocenters. The molecule has 2 aliphatic heterocycles. The summed E-state index contributed by atoms with van der Waals surface area (Å²) in [5.74, 6) is 0.239. The predicted octanol–water partition coefficient (Wildman–Crippen LogP) is 3.38. The van der Waals surface area contributed by atoms with Crippen LogP contribution in [-0.2, 0) is 9.47 Å². The first-order valence-corrected chi connectivity index (χ1v) is 8.05. The smallest absolute Gasteiger partial charge is 0.0940 e. The van der Waals surface area contributed by atoms with E-state index in [1.165, 1.54) is 0 Å². The van der Waals surface area contributed by atoms with Crippen molar-refractivity contribution in [2.45, 2.75) is 37.9 Å². The minimum Gasteiger partial charge on any atom is -0.388 e. The van der Waals surface area contributed by atoms with E-state index < -0.39 is 6.10 Å². The van der Waals surface area contributed by atoms with Crippen molar-refractivity contribution >= 4 is 15.9 Å². The summed E-state index contributed by atoms with van der Waals surface area (Å²) in [6.07, 6.45) is 2.30. The van der Waals surface area contributed by atoms with Crippen LogP contribution in [0.4, 0.5) is 0 Å². The SMILES string of the molecule is Cc1cccc(C(O)C2CCOC3(CCOC3)C2)c1Br. The van der Waals surface area contributed by atoms with Crippen LogP contribution in [0.25, 0.3) is 0 Å². The van der Waals surface area contributed by atoms with Gasteiger partial charge in [0, 0.05) is 24.1 Å². The highest BCUT2D eigenvalue weighted by Gasteiger charge is 2.43. The van der Waals surface area contributed by atoms with E-state index in [0.717, 1.165) is 41.5 Å². The lowest BCUT2D eigenvalue weighted by molar-refractivity contribution is -0.117. The van der Waals surface area contributed by atoms with Crippen LogP contribution in [0.15, 0.2) is 22.7 Å². The molecule has 2 saturated heterocycles. The van der Waals surface area contributed by atoms with Crippen molar-refractivity contribution in [1.29, 1.82) is 0 Å². The second kappa shape index (κ2) is 5.76. The van der Waals surface area contributed by atoms with Crippen LogP contribution in [0.1, 0.15) is 36.5 Å². The standard InChI is InChI=1S/C16H21BrO3/c1-11-3-2-4-13(14(11)17)15(18)12-5-7-20-16(9-12)6-8-19-10-16/h2-4,12,15,18H,5-10H2,1H3. The van der Waals surface area contributed by atoms with Crippen molar-refractivity contribution in [3.05, 3.63) is 33.8 Å². The van der Waals surface area contributed by atoms with E-state index in [0.29, 0.717) is 13.2 Å². The molecule has 2 aliphatic rings. The van der Waals surface area contributed by atoms with Crippen LogP contribution in [-0.4, -0.2) is 30.5 Å². The summed E-state index contributed by atoms with van der Waals surface area (Å²) in [5.41, 5.74) is 2.00. The van der Waals surface area contributed by atoms with Crippen LogP contribution in [0.3, 0.4) is 0 Å². The quantitative estimate of drug-likeness (QED) is 0.896. The molecule has 2 fully saturated rings. The summed E-state index contributed by atoms with van der Waals surface area (Å²) in [6, 6.07) is 6.07. The van der Waals surface area contributed by atoms with Crippen LogP contribution >= 0.6 is 15.9 Å². The lowest BCUT2D eigenvalue weighted by atomic mass is 9.80. The highest BCUT2D eigenvalue weighted by atomic mass is 79.9. The fraction of sp³-hybridized carbons (Fsp3) is 0.625. The number of halogens is 1. The van der Waals surface area contributed by atoms with Crippen molar-refractivity contribution in [3.63, 3.8) is 0 Å². The summed E-state index contributed by atoms with van der Waals surface area (Å²) in [7, 11) is 0. The van der Waals surface area contributed by atoms with Crippen molar-refractivity contribution < 1.29 is 14.6 Å². The monoisotopic (exact) mass is 340 g/mol. The molecule has 2 heterocycles. The van der Waals surface area contributed by atoms with Gasteiger partial charge in [0.05, 0.1) is 18.3 Å². The number of ether oxygens (including phenoxy) is 2. The topological polar surface area (TPSA) is 38.7 Å².